The van der Waals surface area contributed by atoms with Crippen molar-refractivity contribution in [3.05, 3.63) is 0 Å². The van der Waals surface area contributed by atoms with Gasteiger partial charge in [-0.3, -0.25) is 9.48 Å². The van der Waals surface area contributed by atoms with Gasteiger partial charge in [-0.1, -0.05) is 5.53 Å². The summed E-state index contributed by atoms with van der Waals surface area (Å²) >= 11 is 0. The van der Waals surface area contributed by atoms with E-state index in [1.54, 1.807) is 0 Å². The first-order chi connectivity index (χ1) is 4.25. The van der Waals surface area contributed by atoms with E-state index < -0.39 is 0 Å². The van der Waals surface area contributed by atoms with Gasteiger partial charge in [0.15, 0.2) is 5.11 Å². The molecule has 0 saturated carbocycles. The van der Waals surface area contributed by atoms with Crippen LogP contribution in [0.4, 0.5) is 0 Å². The standard InChI is InChI=1S/C5H11N4/c1-8-3-4-9(2)5(8)7-6/h6H,3-4H2,1-2H3/q+1/p+1. The van der Waals surface area contributed by atoms with Crippen molar-refractivity contribution in [1.29, 1.82) is 0 Å². The molecule has 0 aromatic heterocycles. The minimum absolute atomic E-state index is 0.870. The number of nitrogens with zero attached hydrogens (tertiary/aromatic N) is 3. The van der Waals surface area contributed by atoms with Crippen molar-refractivity contribution in [3.8, 4) is 0 Å². The van der Waals surface area contributed by atoms with Crippen LogP contribution in [0.1, 0.15) is 0 Å². The van der Waals surface area contributed by atoms with Crippen LogP contribution in [0.2, 0.25) is 0 Å². The molecule has 0 aliphatic carbocycles. The summed E-state index contributed by atoms with van der Waals surface area (Å²) in [6.45, 7) is 2.04. The van der Waals surface area contributed by atoms with E-state index in [2.05, 4.69) is 5.11 Å². The zero-order valence-corrected chi connectivity index (χ0v) is 5.83. The van der Waals surface area contributed by atoms with Crippen molar-refractivity contribution >= 4 is 5.96 Å². The predicted octanol–water partition coefficient (Wildman–Crippen LogP) is -1.86. The molecule has 0 spiro atoms. The normalized spacial score (nSPS) is 19.1. The van der Waals surface area contributed by atoms with Crippen LogP contribution in [0, 0.1) is 0 Å². The van der Waals surface area contributed by atoms with Crippen LogP contribution in [-0.4, -0.2) is 42.6 Å². The van der Waals surface area contributed by atoms with E-state index in [0.717, 1.165) is 19.0 Å². The molecule has 0 bridgehead atoms. The Bertz CT molecular complexity index is 160. The molecule has 0 atom stereocenters. The molecule has 0 saturated heterocycles. The molecule has 9 heavy (non-hydrogen) atoms. The smallest absolute Gasteiger partial charge is 0.256 e. The molecule has 1 rings (SSSR count). The van der Waals surface area contributed by atoms with E-state index in [0.29, 0.717) is 0 Å². The molecule has 0 unspecified atom stereocenters. The lowest BCUT2D eigenvalue weighted by Gasteiger charge is -1.95. The van der Waals surface area contributed by atoms with Gasteiger partial charge in [0.25, 0.3) is 0 Å². The number of nitrogens with two attached hydrogens (primary N) is 1. The lowest BCUT2D eigenvalue weighted by atomic mass is 10.6. The first-order valence-electron chi connectivity index (χ1n) is 2.96. The van der Waals surface area contributed by atoms with Gasteiger partial charge in [-0.2, -0.15) is 0 Å². The molecule has 0 aromatic carbocycles. The van der Waals surface area contributed by atoms with Gasteiger partial charge < -0.3 is 0 Å². The van der Waals surface area contributed by atoms with E-state index >= 15 is 0 Å². The molecule has 4 heteroatoms. The average molecular weight is 128 g/mol. The van der Waals surface area contributed by atoms with Gasteiger partial charge in [-0.05, 0) is 0 Å². The van der Waals surface area contributed by atoms with Crippen molar-refractivity contribution in [3.63, 3.8) is 0 Å². The summed E-state index contributed by atoms with van der Waals surface area (Å²) < 4.78 is 2.03. The summed E-state index contributed by atoms with van der Waals surface area (Å²) in [5.41, 5.74) is 5.12. The lowest BCUT2D eigenvalue weighted by molar-refractivity contribution is -0.490. The molecule has 2 N–H and O–H groups in total. The highest BCUT2D eigenvalue weighted by Crippen LogP contribution is 1.94. The topological polar surface area (TPSA) is 44.2 Å². The van der Waals surface area contributed by atoms with Crippen LogP contribution in [0.25, 0.3) is 0 Å². The number of hydrogen-bond donors (Lipinski definition) is 1. The largest absolute Gasteiger partial charge is 0.455 e. The Hall–Kier alpha value is -0.930. The van der Waals surface area contributed by atoms with E-state index in [4.69, 9.17) is 5.53 Å². The molecule has 0 amide bonds. The maximum Gasteiger partial charge on any atom is 0.455 e. The molecular weight excluding hydrogens is 116 g/mol. The summed E-state index contributed by atoms with van der Waals surface area (Å²) in [7, 11) is 3.96. The average Bonchev–Trinajstić information content (AvgIpc) is 2.12. The molecule has 0 fully saturated rings. The maximum atomic E-state index is 5.12. The Morgan fingerprint density at radius 1 is 1.78 bits per heavy atom. The van der Waals surface area contributed by atoms with Gasteiger partial charge >= 0.3 is 5.96 Å². The zero-order valence-electron chi connectivity index (χ0n) is 5.83. The van der Waals surface area contributed by atoms with E-state index in [1.165, 1.54) is 0 Å². The fourth-order valence-electron chi connectivity index (χ4n) is 0.989. The van der Waals surface area contributed by atoms with Crippen LogP contribution < -0.4 is 5.53 Å². The van der Waals surface area contributed by atoms with Crippen molar-refractivity contribution < 1.29 is 10.1 Å². The number of hydrogen-bond acceptors (Lipinski definition) is 2. The Kier molecular flexibility index (Phi) is 1.46. The quantitative estimate of drug-likeness (QED) is 0.302. The molecule has 50 valence electrons. The van der Waals surface area contributed by atoms with Crippen LogP contribution in [0.15, 0.2) is 5.11 Å². The molecule has 1 heterocycles. The van der Waals surface area contributed by atoms with Gasteiger partial charge in [0.05, 0.1) is 27.2 Å². The zero-order chi connectivity index (χ0) is 6.85. The molecule has 1 aliphatic rings. The van der Waals surface area contributed by atoms with Crippen molar-refractivity contribution in [2.45, 2.75) is 0 Å². The Morgan fingerprint density at radius 2 is 2.44 bits per heavy atom. The van der Waals surface area contributed by atoms with Crippen LogP contribution in [-0.2, 0) is 0 Å². The summed E-state index contributed by atoms with van der Waals surface area (Å²) in [5.74, 6) is 0.870. The van der Waals surface area contributed by atoms with Crippen molar-refractivity contribution in [2.75, 3.05) is 27.2 Å². The highest BCUT2D eigenvalue weighted by atomic mass is 15.4. The van der Waals surface area contributed by atoms with Crippen molar-refractivity contribution in [1.82, 2.24) is 4.90 Å². The highest BCUT2D eigenvalue weighted by Gasteiger charge is 2.25. The molecular formula is C5H12N4+2. The van der Waals surface area contributed by atoms with Gasteiger partial charge in [-0.25, -0.2) is 0 Å². The molecule has 0 aromatic rings. The van der Waals surface area contributed by atoms with Gasteiger partial charge in [-0.15, -0.1) is 0 Å². The monoisotopic (exact) mass is 128 g/mol. The highest BCUT2D eigenvalue weighted by molar-refractivity contribution is 5.75. The third-order valence-corrected chi connectivity index (χ3v) is 1.57. The van der Waals surface area contributed by atoms with Crippen LogP contribution in [0.3, 0.4) is 0 Å². The van der Waals surface area contributed by atoms with Crippen molar-refractivity contribution in [2.24, 2.45) is 5.11 Å². The van der Waals surface area contributed by atoms with E-state index in [-0.39, 0.29) is 0 Å². The second-order valence-electron chi connectivity index (χ2n) is 2.27. The number of guanidine groups is 1. The van der Waals surface area contributed by atoms with Gasteiger partial charge in [0, 0.05) is 0 Å². The Morgan fingerprint density at radius 3 is 2.67 bits per heavy atom. The molecule has 1 aliphatic heterocycles. The summed E-state index contributed by atoms with van der Waals surface area (Å²) in [6.07, 6.45) is 0. The van der Waals surface area contributed by atoms with Crippen LogP contribution in [0.5, 0.6) is 0 Å². The second-order valence-corrected chi connectivity index (χ2v) is 2.27. The van der Waals surface area contributed by atoms with Crippen LogP contribution >= 0.6 is 0 Å². The van der Waals surface area contributed by atoms with Gasteiger partial charge in [0.1, 0.15) is 0 Å². The summed E-state index contributed by atoms with van der Waals surface area (Å²) in [4.78, 5) is 2.03. The Balaban J connectivity index is 2.81. The minimum Gasteiger partial charge on any atom is -0.256 e. The second kappa shape index (κ2) is 2.13. The molecule has 4 nitrogen and oxygen atoms in total. The lowest BCUT2D eigenvalue weighted by Crippen LogP contribution is -2.34. The minimum atomic E-state index is 0.870. The fraction of sp³-hybridized carbons (Fsp3) is 0.800. The van der Waals surface area contributed by atoms with E-state index in [9.17, 15) is 0 Å². The predicted molar refractivity (Wildman–Crippen MR) is 33.0 cm³/mol. The third-order valence-electron chi connectivity index (χ3n) is 1.57. The first kappa shape index (κ1) is 6.19. The Labute approximate surface area is 54.3 Å². The SMILES string of the molecule is CN1CC[N+](C)=C1N=[NH2+]. The summed E-state index contributed by atoms with van der Waals surface area (Å²) in [5, 5.41) is 3.62. The maximum absolute atomic E-state index is 5.12. The number of likely N-dealkylation sites (N-methyl/N-ethyl adjacent to an activating group) is 2. The summed E-state index contributed by atoms with van der Waals surface area (Å²) in [6, 6.07) is 0. The number of rotatable bonds is 0. The third kappa shape index (κ3) is 0.918. The first-order valence-corrected chi connectivity index (χ1v) is 2.96. The fourth-order valence-corrected chi connectivity index (χ4v) is 0.989. The van der Waals surface area contributed by atoms with E-state index in [1.807, 2.05) is 23.6 Å². The molecule has 0 radical (unpaired) electrons. The van der Waals surface area contributed by atoms with Gasteiger partial charge in [0.2, 0.25) is 0 Å².